The first-order valence-corrected chi connectivity index (χ1v) is 12.1. The zero-order valence-corrected chi connectivity index (χ0v) is 19.6. The molecule has 2 aromatic rings. The van der Waals surface area contributed by atoms with E-state index in [1.54, 1.807) is 0 Å². The lowest BCUT2D eigenvalue weighted by molar-refractivity contribution is 0.123. The summed E-state index contributed by atoms with van der Waals surface area (Å²) in [6, 6.07) is 17.5. The van der Waals surface area contributed by atoms with Gasteiger partial charge in [-0.3, -0.25) is 0 Å². The number of epoxide rings is 2. The summed E-state index contributed by atoms with van der Waals surface area (Å²) in [5, 5.41) is 0. The van der Waals surface area contributed by atoms with Crippen molar-refractivity contribution in [3.8, 4) is 11.5 Å². The average molecular weight is 437 g/mol. The molecule has 5 rings (SSSR count). The molecule has 2 heterocycles. The molecule has 1 aliphatic carbocycles. The maximum absolute atomic E-state index is 5.88. The Bertz CT molecular complexity index is 821. The Balaban J connectivity index is 1.37. The molecule has 2 aliphatic heterocycles. The lowest BCUT2D eigenvalue weighted by Gasteiger charge is -2.42. The minimum Gasteiger partial charge on any atom is -0.491 e. The van der Waals surface area contributed by atoms with Crippen molar-refractivity contribution in [2.75, 3.05) is 26.4 Å². The summed E-state index contributed by atoms with van der Waals surface area (Å²) in [7, 11) is 0. The molecule has 32 heavy (non-hydrogen) atoms. The van der Waals surface area contributed by atoms with Crippen LogP contribution in [-0.2, 0) is 9.47 Å². The van der Waals surface area contributed by atoms with Crippen molar-refractivity contribution in [3.63, 3.8) is 0 Å². The van der Waals surface area contributed by atoms with E-state index >= 15 is 0 Å². The van der Waals surface area contributed by atoms with Gasteiger partial charge in [0.2, 0.25) is 0 Å². The highest BCUT2D eigenvalue weighted by Crippen LogP contribution is 2.49. The van der Waals surface area contributed by atoms with Gasteiger partial charge in [0.15, 0.2) is 0 Å². The first-order chi connectivity index (χ1) is 15.4. The molecule has 3 fully saturated rings. The van der Waals surface area contributed by atoms with Gasteiger partial charge in [0.25, 0.3) is 0 Å². The van der Waals surface area contributed by atoms with Gasteiger partial charge < -0.3 is 18.9 Å². The number of hydrogen-bond acceptors (Lipinski definition) is 4. The van der Waals surface area contributed by atoms with Crippen molar-refractivity contribution in [1.82, 2.24) is 0 Å². The highest BCUT2D eigenvalue weighted by molar-refractivity contribution is 5.39. The Hall–Kier alpha value is -2.04. The van der Waals surface area contributed by atoms with E-state index in [0.29, 0.717) is 30.5 Å². The fourth-order valence-electron chi connectivity index (χ4n) is 5.66. The number of rotatable bonds is 9. The lowest BCUT2D eigenvalue weighted by atomic mass is 9.62. The number of hydrogen-bond donors (Lipinski definition) is 0. The monoisotopic (exact) mass is 436 g/mol. The third-order valence-electron chi connectivity index (χ3n) is 7.05. The van der Waals surface area contributed by atoms with E-state index in [0.717, 1.165) is 30.6 Å². The molecule has 0 spiro atoms. The molecule has 1 saturated carbocycles. The van der Waals surface area contributed by atoms with Gasteiger partial charge in [-0.25, -0.2) is 0 Å². The predicted molar refractivity (Wildman–Crippen MR) is 125 cm³/mol. The molecule has 2 saturated heterocycles. The smallest absolute Gasteiger partial charge is 0.119 e. The molecule has 4 unspecified atom stereocenters. The van der Waals surface area contributed by atoms with E-state index in [2.05, 4.69) is 69.3 Å². The van der Waals surface area contributed by atoms with Crippen LogP contribution in [0.15, 0.2) is 48.5 Å². The minimum atomic E-state index is 0.278. The third-order valence-corrected chi connectivity index (χ3v) is 7.05. The summed E-state index contributed by atoms with van der Waals surface area (Å²) >= 11 is 0. The van der Waals surface area contributed by atoms with E-state index in [-0.39, 0.29) is 12.2 Å². The molecule has 0 bridgehead atoms. The highest BCUT2D eigenvalue weighted by atomic mass is 16.6. The largest absolute Gasteiger partial charge is 0.491 e. The van der Waals surface area contributed by atoms with Crippen molar-refractivity contribution in [2.45, 2.75) is 58.2 Å². The lowest BCUT2D eigenvalue weighted by Crippen LogP contribution is -2.31. The van der Waals surface area contributed by atoms with Gasteiger partial charge in [-0.15, -0.1) is 0 Å². The normalized spacial score (nSPS) is 29.2. The highest BCUT2D eigenvalue weighted by Gasteiger charge is 2.37. The van der Waals surface area contributed by atoms with E-state index in [1.165, 1.54) is 30.4 Å². The van der Waals surface area contributed by atoms with Crippen LogP contribution in [0, 0.1) is 17.3 Å². The predicted octanol–water partition coefficient (Wildman–Crippen LogP) is 5.84. The molecule has 4 nitrogen and oxygen atoms in total. The van der Waals surface area contributed by atoms with Crippen molar-refractivity contribution in [3.05, 3.63) is 59.7 Å². The van der Waals surface area contributed by atoms with Crippen LogP contribution < -0.4 is 9.47 Å². The maximum Gasteiger partial charge on any atom is 0.119 e. The molecule has 2 aromatic carbocycles. The summed E-state index contributed by atoms with van der Waals surface area (Å²) in [5.74, 6) is 3.58. The molecule has 3 aliphatic rings. The molecule has 0 aromatic heterocycles. The van der Waals surface area contributed by atoms with Crippen LogP contribution in [0.1, 0.15) is 57.1 Å². The molecular weight excluding hydrogens is 400 g/mol. The van der Waals surface area contributed by atoms with Crippen LogP contribution in [0.5, 0.6) is 11.5 Å². The van der Waals surface area contributed by atoms with Crippen molar-refractivity contribution in [2.24, 2.45) is 17.3 Å². The second-order valence-electron chi connectivity index (χ2n) is 10.8. The number of ether oxygens (including phenoxy) is 4. The van der Waals surface area contributed by atoms with Gasteiger partial charge >= 0.3 is 0 Å². The van der Waals surface area contributed by atoms with Gasteiger partial charge in [-0.05, 0) is 71.9 Å². The van der Waals surface area contributed by atoms with E-state index < -0.39 is 0 Å². The van der Waals surface area contributed by atoms with Gasteiger partial charge in [0.1, 0.15) is 36.9 Å². The fourth-order valence-corrected chi connectivity index (χ4v) is 5.66. The van der Waals surface area contributed by atoms with Crippen molar-refractivity contribution < 1.29 is 18.9 Å². The molecule has 4 heteroatoms. The zero-order chi connectivity index (χ0) is 22.1. The summed E-state index contributed by atoms with van der Waals surface area (Å²) in [6.45, 7) is 10.2. The molecule has 0 N–H and O–H groups in total. The van der Waals surface area contributed by atoms with E-state index in [1.807, 2.05) is 0 Å². The molecule has 0 amide bonds. The Morgan fingerprint density at radius 1 is 0.812 bits per heavy atom. The quantitative estimate of drug-likeness (QED) is 0.464. The second kappa shape index (κ2) is 9.07. The van der Waals surface area contributed by atoms with Crippen LogP contribution in [0.3, 0.4) is 0 Å². The van der Waals surface area contributed by atoms with Gasteiger partial charge in [0.05, 0.1) is 13.2 Å². The van der Waals surface area contributed by atoms with Gasteiger partial charge in [0, 0.05) is 5.92 Å². The minimum absolute atomic E-state index is 0.278. The third kappa shape index (κ3) is 5.65. The Morgan fingerprint density at radius 2 is 1.28 bits per heavy atom. The maximum atomic E-state index is 5.88. The average Bonchev–Trinajstić information content (AvgIpc) is 3.67. The van der Waals surface area contributed by atoms with E-state index in [4.69, 9.17) is 18.9 Å². The standard InChI is InChI=1S/C28H36O4/c1-19-12-22(14-28(2,3)13-19)27(20-4-8-23(9-5-20)29-15-25-17-31-25)21-6-10-24(11-7-21)30-16-26-18-32-26/h4-11,19,22,25-27H,12-18H2,1-3H3. The molecular formula is C28H36O4. The first-order valence-electron chi connectivity index (χ1n) is 12.1. The Kier molecular flexibility index (Phi) is 6.18. The van der Waals surface area contributed by atoms with Gasteiger partial charge in [-0.2, -0.15) is 0 Å². The fraction of sp³-hybridized carbons (Fsp3) is 0.571. The van der Waals surface area contributed by atoms with E-state index in [9.17, 15) is 0 Å². The summed E-state index contributed by atoms with van der Waals surface area (Å²) in [5.41, 5.74) is 3.12. The summed E-state index contributed by atoms with van der Waals surface area (Å²) in [6.07, 6.45) is 4.38. The van der Waals surface area contributed by atoms with Gasteiger partial charge in [-0.1, -0.05) is 45.0 Å². The van der Waals surface area contributed by atoms with Crippen LogP contribution in [0.2, 0.25) is 0 Å². The Labute approximate surface area is 192 Å². The summed E-state index contributed by atoms with van der Waals surface area (Å²) < 4.78 is 22.3. The first kappa shape index (κ1) is 21.8. The van der Waals surface area contributed by atoms with Crippen molar-refractivity contribution in [1.29, 1.82) is 0 Å². The number of benzene rings is 2. The molecule has 0 radical (unpaired) electrons. The summed E-state index contributed by atoms with van der Waals surface area (Å²) in [4.78, 5) is 0. The topological polar surface area (TPSA) is 43.5 Å². The molecule has 172 valence electrons. The van der Waals surface area contributed by atoms with Crippen LogP contribution in [0.25, 0.3) is 0 Å². The Morgan fingerprint density at radius 3 is 1.69 bits per heavy atom. The second-order valence-corrected chi connectivity index (χ2v) is 10.8. The molecule has 4 atom stereocenters. The zero-order valence-electron chi connectivity index (χ0n) is 19.6. The van der Waals surface area contributed by atoms with Crippen LogP contribution in [-0.4, -0.2) is 38.6 Å². The SMILES string of the molecule is CC1CC(C(c2ccc(OCC3CO3)cc2)c2ccc(OCC3CO3)cc2)CC(C)(C)C1. The van der Waals surface area contributed by atoms with Crippen LogP contribution in [0.4, 0.5) is 0 Å². The van der Waals surface area contributed by atoms with Crippen LogP contribution >= 0.6 is 0 Å². The van der Waals surface area contributed by atoms with Crippen molar-refractivity contribution >= 4 is 0 Å².